The monoisotopic (exact) mass is 260 g/mol. The van der Waals surface area contributed by atoms with Crippen molar-refractivity contribution in [1.82, 2.24) is 0 Å². The molecule has 0 spiro atoms. The molecule has 0 aliphatic rings. The van der Waals surface area contributed by atoms with Crippen LogP contribution in [0.1, 0.15) is 12.5 Å². The Morgan fingerprint density at radius 2 is 2.29 bits per heavy atom. The van der Waals surface area contributed by atoms with Crippen LogP contribution in [-0.2, 0) is 0 Å². The molecule has 0 atom stereocenters. The predicted octanol–water partition coefficient (Wildman–Crippen LogP) is 3.27. The maximum atomic E-state index is 12.3. The molecule has 0 saturated carbocycles. The van der Waals surface area contributed by atoms with Crippen LogP contribution in [0.4, 0.5) is 10.1 Å². The van der Waals surface area contributed by atoms with E-state index in [9.17, 15) is 14.5 Å². The fourth-order valence-corrected chi connectivity index (χ4v) is 1.52. The third kappa shape index (κ3) is 2.29. The molecule has 3 nitrogen and oxygen atoms in total. The summed E-state index contributed by atoms with van der Waals surface area (Å²) >= 11 is 3.07. The third-order valence-electron chi connectivity index (χ3n) is 1.84. The smallest absolute Gasteiger partial charge is 0.258 e. The van der Waals surface area contributed by atoms with Crippen molar-refractivity contribution in [3.8, 4) is 0 Å². The number of nitro benzene ring substituents is 1. The van der Waals surface area contributed by atoms with Crippen LogP contribution in [0.2, 0.25) is 0 Å². The first-order chi connectivity index (χ1) is 6.56. The van der Waals surface area contributed by atoms with Gasteiger partial charge in [0, 0.05) is 12.0 Å². The molecule has 75 valence electrons. The first-order valence-electron chi connectivity index (χ1n) is 3.89. The fourth-order valence-electron chi connectivity index (χ4n) is 0.998. The first kappa shape index (κ1) is 11.1. The van der Waals surface area contributed by atoms with E-state index in [1.165, 1.54) is 12.1 Å². The van der Waals surface area contributed by atoms with Crippen molar-refractivity contribution in [3.63, 3.8) is 0 Å². The maximum absolute atomic E-state index is 12.3. The van der Waals surface area contributed by atoms with Crippen LogP contribution < -0.4 is 0 Å². The van der Waals surface area contributed by atoms with Crippen LogP contribution in [0.15, 0.2) is 22.7 Å². The van der Waals surface area contributed by atoms with Gasteiger partial charge in [0.05, 0.1) is 16.1 Å². The quantitative estimate of drug-likeness (QED) is 0.619. The highest BCUT2D eigenvalue weighted by molar-refractivity contribution is 9.10. The van der Waals surface area contributed by atoms with Crippen LogP contribution in [0, 0.1) is 16.0 Å². The zero-order chi connectivity index (χ0) is 10.7. The molecule has 0 amide bonds. The molecule has 0 unspecified atom stereocenters. The Morgan fingerprint density at radius 1 is 1.64 bits per heavy atom. The van der Waals surface area contributed by atoms with Gasteiger partial charge in [-0.25, -0.2) is 0 Å². The van der Waals surface area contributed by atoms with E-state index in [4.69, 9.17) is 0 Å². The summed E-state index contributed by atoms with van der Waals surface area (Å²) in [6, 6.07) is 4.45. The summed E-state index contributed by atoms with van der Waals surface area (Å²) in [5.74, 6) is 0.556. The Bertz CT molecular complexity index is 357. The Balaban J connectivity index is 3.06. The van der Waals surface area contributed by atoms with Gasteiger partial charge in [0.1, 0.15) is 0 Å². The maximum Gasteiger partial charge on any atom is 0.283 e. The van der Waals surface area contributed by atoms with E-state index in [1.54, 1.807) is 13.0 Å². The highest BCUT2D eigenvalue weighted by Gasteiger charge is 2.14. The summed E-state index contributed by atoms with van der Waals surface area (Å²) in [5.41, 5.74) is 0.658. The third-order valence-corrected chi connectivity index (χ3v) is 2.47. The number of hydrogen-bond donors (Lipinski definition) is 0. The van der Waals surface area contributed by atoms with Gasteiger partial charge < -0.3 is 0 Å². The largest absolute Gasteiger partial charge is 0.283 e. The predicted molar refractivity (Wildman–Crippen MR) is 54.8 cm³/mol. The molecule has 1 aromatic rings. The van der Waals surface area contributed by atoms with Crippen molar-refractivity contribution < 1.29 is 9.31 Å². The van der Waals surface area contributed by atoms with Crippen LogP contribution in [0.25, 0.3) is 0 Å². The summed E-state index contributed by atoms with van der Waals surface area (Å²) in [6.45, 7) is 1.10. The Labute approximate surface area is 89.2 Å². The average molecular weight is 261 g/mol. The van der Waals surface area contributed by atoms with Crippen molar-refractivity contribution in [2.45, 2.75) is 6.92 Å². The van der Waals surface area contributed by atoms with E-state index in [1.807, 2.05) is 0 Å². The standard InChI is InChI=1S/C9H8BrFNO2/c1-6(5-11)7-2-3-9(12(13)14)8(10)4-7/h2-4H,5H2,1H3. The van der Waals surface area contributed by atoms with Crippen molar-refractivity contribution in [2.75, 3.05) is 6.67 Å². The van der Waals surface area contributed by atoms with Crippen molar-refractivity contribution in [1.29, 1.82) is 0 Å². The van der Waals surface area contributed by atoms with Crippen LogP contribution in [0.5, 0.6) is 0 Å². The highest BCUT2D eigenvalue weighted by atomic mass is 79.9. The molecule has 0 heterocycles. The summed E-state index contributed by atoms with van der Waals surface area (Å²) in [5, 5.41) is 10.5. The molecule has 0 N–H and O–H groups in total. The highest BCUT2D eigenvalue weighted by Crippen LogP contribution is 2.28. The average Bonchev–Trinajstić information content (AvgIpc) is 2.15. The first-order valence-corrected chi connectivity index (χ1v) is 4.68. The molecule has 5 heteroatoms. The van der Waals surface area contributed by atoms with E-state index >= 15 is 0 Å². The fraction of sp³-hybridized carbons (Fsp3) is 0.222. The number of benzene rings is 1. The van der Waals surface area contributed by atoms with Gasteiger partial charge in [-0.1, -0.05) is 13.0 Å². The molecule has 0 aliphatic heterocycles. The number of halogens is 2. The van der Waals surface area contributed by atoms with Crippen LogP contribution in [-0.4, -0.2) is 11.6 Å². The van der Waals surface area contributed by atoms with E-state index in [-0.39, 0.29) is 5.69 Å². The summed E-state index contributed by atoms with van der Waals surface area (Å²) in [7, 11) is 0. The summed E-state index contributed by atoms with van der Waals surface area (Å²) in [4.78, 5) is 9.98. The second-order valence-corrected chi connectivity index (χ2v) is 3.69. The van der Waals surface area contributed by atoms with Gasteiger partial charge in [-0.2, -0.15) is 0 Å². The SMILES string of the molecule is C[C](CF)c1ccc([N+](=O)[O-])c(Br)c1. The van der Waals surface area contributed by atoms with E-state index in [0.717, 1.165) is 0 Å². The van der Waals surface area contributed by atoms with Gasteiger partial charge in [0.2, 0.25) is 0 Å². The van der Waals surface area contributed by atoms with Crippen molar-refractivity contribution in [2.24, 2.45) is 0 Å². The molecule has 0 fully saturated rings. The molecule has 1 rings (SSSR count). The lowest BCUT2D eigenvalue weighted by atomic mass is 10.0. The van der Waals surface area contributed by atoms with Crippen LogP contribution in [0.3, 0.4) is 0 Å². The number of alkyl halides is 1. The van der Waals surface area contributed by atoms with E-state index in [2.05, 4.69) is 15.9 Å². The molecule has 0 aliphatic carbocycles. The molecule has 14 heavy (non-hydrogen) atoms. The Hall–Kier alpha value is -0.970. The summed E-state index contributed by atoms with van der Waals surface area (Å²) in [6.07, 6.45) is 0. The molecule has 1 radical (unpaired) electrons. The normalized spacial score (nSPS) is 10.6. The number of nitrogens with zero attached hydrogens (tertiary/aromatic N) is 1. The lowest BCUT2D eigenvalue weighted by Crippen LogP contribution is -1.97. The number of rotatable bonds is 3. The molecule has 0 bridgehead atoms. The summed E-state index contributed by atoms with van der Waals surface area (Å²) < 4.78 is 12.6. The van der Waals surface area contributed by atoms with Gasteiger partial charge in [-0.3, -0.25) is 14.5 Å². The zero-order valence-electron chi connectivity index (χ0n) is 7.46. The van der Waals surface area contributed by atoms with Crippen LogP contribution >= 0.6 is 15.9 Å². The van der Waals surface area contributed by atoms with Crippen molar-refractivity contribution >= 4 is 21.6 Å². The molecular formula is C9H8BrFNO2. The van der Waals surface area contributed by atoms with E-state index in [0.29, 0.717) is 16.0 Å². The topological polar surface area (TPSA) is 43.1 Å². The Morgan fingerprint density at radius 3 is 2.71 bits per heavy atom. The molecular weight excluding hydrogens is 253 g/mol. The Kier molecular flexibility index (Phi) is 3.57. The number of hydrogen-bond acceptors (Lipinski definition) is 2. The zero-order valence-corrected chi connectivity index (χ0v) is 9.04. The minimum atomic E-state index is -0.551. The van der Waals surface area contributed by atoms with Gasteiger partial charge in [-0.15, -0.1) is 0 Å². The lowest BCUT2D eigenvalue weighted by molar-refractivity contribution is -0.385. The van der Waals surface area contributed by atoms with Crippen molar-refractivity contribution in [3.05, 3.63) is 44.3 Å². The van der Waals surface area contributed by atoms with Gasteiger partial charge >= 0.3 is 0 Å². The molecule has 1 aromatic carbocycles. The minimum Gasteiger partial charge on any atom is -0.258 e. The minimum absolute atomic E-state index is 0.0135. The van der Waals surface area contributed by atoms with E-state index < -0.39 is 11.6 Å². The lowest BCUT2D eigenvalue weighted by Gasteiger charge is -2.06. The second-order valence-electron chi connectivity index (χ2n) is 2.84. The second kappa shape index (κ2) is 4.50. The van der Waals surface area contributed by atoms with Gasteiger partial charge in [0.25, 0.3) is 5.69 Å². The van der Waals surface area contributed by atoms with Gasteiger partial charge in [-0.05, 0) is 27.6 Å². The molecule has 0 aromatic heterocycles. The van der Waals surface area contributed by atoms with Gasteiger partial charge in [0.15, 0.2) is 0 Å². The molecule has 0 saturated heterocycles. The number of nitro groups is 1.